The molecule has 0 unspecified atom stereocenters. The van der Waals surface area contributed by atoms with E-state index in [1.165, 1.54) is 11.5 Å². The third-order valence-electron chi connectivity index (χ3n) is 2.41. The van der Waals surface area contributed by atoms with Crippen LogP contribution in [0.5, 0.6) is 0 Å². The molecule has 0 fully saturated rings. The molecule has 0 aromatic carbocycles. The van der Waals surface area contributed by atoms with E-state index in [9.17, 15) is 4.79 Å². The molecule has 6 heteroatoms. The van der Waals surface area contributed by atoms with Crippen LogP contribution in [0, 0.1) is 13.8 Å². The monoisotopic (exact) mass is 250 g/mol. The number of nitrogens with zero attached hydrogens (tertiary/aromatic N) is 3. The van der Waals surface area contributed by atoms with Gasteiger partial charge in [-0.05, 0) is 38.4 Å². The Kier molecular flexibility index (Phi) is 3.23. The van der Waals surface area contributed by atoms with Gasteiger partial charge >= 0.3 is 0 Å². The fraction of sp³-hybridized carbons (Fsp3) is 0.364. The van der Waals surface area contributed by atoms with Crippen LogP contribution in [0.15, 0.2) is 12.3 Å². The minimum absolute atomic E-state index is 0.187. The molecule has 2 aromatic rings. The van der Waals surface area contributed by atoms with E-state index in [0.717, 1.165) is 22.8 Å². The van der Waals surface area contributed by atoms with Crippen LogP contribution < -0.4 is 5.32 Å². The van der Waals surface area contributed by atoms with Gasteiger partial charge in [-0.1, -0.05) is 0 Å². The van der Waals surface area contributed by atoms with Gasteiger partial charge in [-0.3, -0.25) is 4.79 Å². The molecule has 0 atom stereocenters. The number of aryl methyl sites for hydroxylation is 3. The lowest BCUT2D eigenvalue weighted by Crippen LogP contribution is -2.16. The first kappa shape index (κ1) is 11.8. The summed E-state index contributed by atoms with van der Waals surface area (Å²) in [5, 5.41) is 7.02. The molecule has 0 radical (unpaired) electrons. The first-order chi connectivity index (χ1) is 8.11. The quantitative estimate of drug-likeness (QED) is 0.908. The predicted octanol–water partition coefficient (Wildman–Crippen LogP) is 2.23. The molecule has 2 aromatic heterocycles. The summed E-state index contributed by atoms with van der Waals surface area (Å²) in [6, 6.07) is 1.78. The summed E-state index contributed by atoms with van der Waals surface area (Å²) in [6.07, 6.45) is 1.74. The number of amides is 1. The minimum Gasteiger partial charge on any atom is -0.305 e. The summed E-state index contributed by atoms with van der Waals surface area (Å²) in [7, 11) is 0. The van der Waals surface area contributed by atoms with E-state index < -0.39 is 0 Å². The van der Waals surface area contributed by atoms with Crippen molar-refractivity contribution in [3.63, 3.8) is 0 Å². The zero-order valence-electron chi connectivity index (χ0n) is 10.0. The van der Waals surface area contributed by atoms with Gasteiger partial charge < -0.3 is 5.32 Å². The normalized spacial score (nSPS) is 10.5. The largest absolute Gasteiger partial charge is 0.305 e. The van der Waals surface area contributed by atoms with Gasteiger partial charge in [0.05, 0.1) is 6.20 Å². The van der Waals surface area contributed by atoms with Crippen molar-refractivity contribution < 1.29 is 4.79 Å². The number of nitrogens with one attached hydrogen (secondary N) is 1. The number of rotatable bonds is 3. The van der Waals surface area contributed by atoms with Crippen LogP contribution in [-0.4, -0.2) is 20.1 Å². The first-order valence-corrected chi connectivity index (χ1v) is 6.16. The first-order valence-electron chi connectivity index (χ1n) is 5.39. The molecular weight excluding hydrogens is 236 g/mol. The third-order valence-corrected chi connectivity index (χ3v) is 3.11. The lowest BCUT2D eigenvalue weighted by molar-refractivity contribution is 0.102. The molecule has 0 aliphatic heterocycles. The summed E-state index contributed by atoms with van der Waals surface area (Å²) >= 11 is 1.33. The summed E-state index contributed by atoms with van der Waals surface area (Å²) in [4.78, 5) is 13.0. The number of carbonyl (C=O) groups excluding carboxylic acids is 1. The van der Waals surface area contributed by atoms with Gasteiger partial charge in [0.1, 0.15) is 11.5 Å². The van der Waals surface area contributed by atoms with E-state index in [4.69, 9.17) is 0 Å². The van der Waals surface area contributed by atoms with Crippen molar-refractivity contribution in [3.05, 3.63) is 28.4 Å². The molecule has 0 saturated carbocycles. The fourth-order valence-electron chi connectivity index (χ4n) is 1.53. The van der Waals surface area contributed by atoms with Crippen LogP contribution in [0.4, 0.5) is 5.82 Å². The molecule has 0 aliphatic rings. The van der Waals surface area contributed by atoms with E-state index in [2.05, 4.69) is 14.8 Å². The maximum atomic E-state index is 11.9. The number of carbonyl (C=O) groups is 1. The molecular formula is C11H14N4OS. The summed E-state index contributed by atoms with van der Waals surface area (Å²) in [5.74, 6) is 0.552. The third kappa shape index (κ3) is 2.36. The Morgan fingerprint density at radius 1 is 1.53 bits per heavy atom. The van der Waals surface area contributed by atoms with Gasteiger partial charge in [-0.2, -0.15) is 9.47 Å². The highest BCUT2D eigenvalue weighted by Gasteiger charge is 2.14. The Hall–Kier alpha value is -1.69. The second-order valence-electron chi connectivity index (χ2n) is 3.77. The van der Waals surface area contributed by atoms with Crippen LogP contribution in [0.25, 0.3) is 0 Å². The highest BCUT2D eigenvalue weighted by atomic mass is 32.1. The molecule has 90 valence electrons. The Balaban J connectivity index is 2.21. The van der Waals surface area contributed by atoms with Crippen molar-refractivity contribution in [2.24, 2.45) is 0 Å². The number of hydrogen-bond acceptors (Lipinski definition) is 4. The van der Waals surface area contributed by atoms with Crippen molar-refractivity contribution in [1.29, 1.82) is 0 Å². The van der Waals surface area contributed by atoms with Gasteiger partial charge in [0.2, 0.25) is 0 Å². The number of aromatic nitrogens is 3. The molecule has 0 saturated heterocycles. The topological polar surface area (TPSA) is 59.8 Å². The van der Waals surface area contributed by atoms with Gasteiger partial charge in [0.25, 0.3) is 5.91 Å². The summed E-state index contributed by atoms with van der Waals surface area (Å²) < 4.78 is 5.84. The van der Waals surface area contributed by atoms with E-state index in [-0.39, 0.29) is 5.91 Å². The molecule has 1 N–H and O–H groups in total. The zero-order chi connectivity index (χ0) is 12.4. The van der Waals surface area contributed by atoms with Crippen LogP contribution in [-0.2, 0) is 6.54 Å². The van der Waals surface area contributed by atoms with Crippen LogP contribution in [0.2, 0.25) is 0 Å². The summed E-state index contributed by atoms with van der Waals surface area (Å²) in [6.45, 7) is 6.55. The molecule has 5 nitrogen and oxygen atoms in total. The maximum Gasteiger partial charge on any atom is 0.276 e. The standard InChI is InChI=1S/C11H14N4OS/c1-4-15-10(7(2)6-12-15)13-11(16)9-5-8(3)17-14-9/h5-6H,4H2,1-3H3,(H,13,16). The summed E-state index contributed by atoms with van der Waals surface area (Å²) in [5.41, 5.74) is 1.41. The molecule has 0 spiro atoms. The Morgan fingerprint density at radius 3 is 2.88 bits per heavy atom. The van der Waals surface area contributed by atoms with Gasteiger partial charge in [-0.15, -0.1) is 0 Å². The van der Waals surface area contributed by atoms with Crippen molar-refractivity contribution in [2.75, 3.05) is 5.32 Å². The second-order valence-corrected chi connectivity index (χ2v) is 4.78. The lowest BCUT2D eigenvalue weighted by atomic mass is 10.3. The molecule has 17 heavy (non-hydrogen) atoms. The molecule has 0 aliphatic carbocycles. The minimum atomic E-state index is -0.187. The fourth-order valence-corrected chi connectivity index (χ4v) is 2.07. The average Bonchev–Trinajstić information content (AvgIpc) is 2.87. The van der Waals surface area contributed by atoms with E-state index in [1.54, 1.807) is 16.9 Å². The van der Waals surface area contributed by atoms with Gasteiger partial charge in [-0.25, -0.2) is 4.68 Å². The Bertz CT molecular complexity index is 543. The Morgan fingerprint density at radius 2 is 2.29 bits per heavy atom. The Labute approximate surface area is 104 Å². The smallest absolute Gasteiger partial charge is 0.276 e. The van der Waals surface area contributed by atoms with E-state index in [0.29, 0.717) is 5.69 Å². The average molecular weight is 250 g/mol. The maximum absolute atomic E-state index is 11.9. The highest BCUT2D eigenvalue weighted by molar-refractivity contribution is 7.05. The van der Waals surface area contributed by atoms with Gasteiger partial charge in [0.15, 0.2) is 0 Å². The zero-order valence-corrected chi connectivity index (χ0v) is 10.8. The van der Waals surface area contributed by atoms with Crippen LogP contribution in [0.1, 0.15) is 27.9 Å². The van der Waals surface area contributed by atoms with Gasteiger partial charge in [0, 0.05) is 17.0 Å². The van der Waals surface area contributed by atoms with Crippen molar-refractivity contribution in [2.45, 2.75) is 27.3 Å². The SMILES string of the molecule is CCn1ncc(C)c1NC(=O)c1cc(C)sn1. The number of hydrogen-bond donors (Lipinski definition) is 1. The predicted molar refractivity (Wildman–Crippen MR) is 67.4 cm³/mol. The van der Waals surface area contributed by atoms with E-state index >= 15 is 0 Å². The molecule has 1 amide bonds. The van der Waals surface area contributed by atoms with Crippen molar-refractivity contribution in [3.8, 4) is 0 Å². The van der Waals surface area contributed by atoms with Crippen LogP contribution >= 0.6 is 11.5 Å². The highest BCUT2D eigenvalue weighted by Crippen LogP contribution is 2.16. The lowest BCUT2D eigenvalue weighted by Gasteiger charge is -2.06. The molecule has 2 rings (SSSR count). The number of anilines is 1. The molecule has 0 bridgehead atoms. The van der Waals surface area contributed by atoms with E-state index in [1.807, 2.05) is 20.8 Å². The van der Waals surface area contributed by atoms with Crippen molar-refractivity contribution >= 4 is 23.3 Å². The molecule has 2 heterocycles. The van der Waals surface area contributed by atoms with Crippen LogP contribution in [0.3, 0.4) is 0 Å². The van der Waals surface area contributed by atoms with Crippen molar-refractivity contribution in [1.82, 2.24) is 14.2 Å². The second kappa shape index (κ2) is 4.67.